The van der Waals surface area contributed by atoms with Gasteiger partial charge in [-0.1, -0.05) is 30.3 Å². The molecule has 1 aromatic carbocycles. The molecule has 3 rings (SSSR count). The first-order valence-corrected chi connectivity index (χ1v) is 9.45. The highest BCUT2D eigenvalue weighted by atomic mass is 16.5. The lowest BCUT2D eigenvalue weighted by Crippen LogP contribution is -2.36. The zero-order valence-corrected chi connectivity index (χ0v) is 16.0. The molecule has 1 amide bonds. The molecule has 0 bridgehead atoms. The molecule has 7 heteroatoms. The van der Waals surface area contributed by atoms with Gasteiger partial charge in [-0.2, -0.15) is 0 Å². The molecule has 28 heavy (non-hydrogen) atoms. The molecule has 0 saturated carbocycles. The number of esters is 1. The highest BCUT2D eigenvalue weighted by molar-refractivity contribution is 5.91. The van der Waals surface area contributed by atoms with Crippen molar-refractivity contribution in [3.63, 3.8) is 0 Å². The number of pyridine rings is 1. The van der Waals surface area contributed by atoms with Crippen LogP contribution in [0, 0.1) is 0 Å². The minimum Gasteiger partial charge on any atom is -0.452 e. The van der Waals surface area contributed by atoms with Crippen LogP contribution in [0.2, 0.25) is 0 Å². The molecule has 7 nitrogen and oxygen atoms in total. The van der Waals surface area contributed by atoms with E-state index >= 15 is 0 Å². The number of amides is 1. The monoisotopic (exact) mass is 383 g/mol. The molecule has 2 aromatic rings. The Morgan fingerprint density at radius 2 is 1.89 bits per heavy atom. The van der Waals surface area contributed by atoms with E-state index in [4.69, 9.17) is 9.47 Å². The Balaban J connectivity index is 1.51. The van der Waals surface area contributed by atoms with Crippen molar-refractivity contribution in [2.24, 2.45) is 0 Å². The van der Waals surface area contributed by atoms with Crippen molar-refractivity contribution >= 4 is 17.7 Å². The van der Waals surface area contributed by atoms with Crippen LogP contribution in [-0.4, -0.2) is 61.2 Å². The van der Waals surface area contributed by atoms with Gasteiger partial charge in [0.1, 0.15) is 5.82 Å². The van der Waals surface area contributed by atoms with Gasteiger partial charge in [0.25, 0.3) is 5.91 Å². The molecular formula is C21H25N3O4. The number of benzene rings is 1. The summed E-state index contributed by atoms with van der Waals surface area (Å²) >= 11 is 0. The number of morpholine rings is 1. The number of anilines is 1. The molecule has 1 saturated heterocycles. The number of hydrogen-bond acceptors (Lipinski definition) is 6. The molecule has 0 aliphatic carbocycles. The van der Waals surface area contributed by atoms with Crippen LogP contribution in [0.3, 0.4) is 0 Å². The van der Waals surface area contributed by atoms with E-state index < -0.39 is 5.97 Å². The molecule has 148 valence electrons. The maximum Gasteiger partial charge on any atom is 0.340 e. The smallest absolute Gasteiger partial charge is 0.340 e. The third-order valence-corrected chi connectivity index (χ3v) is 4.60. The first kappa shape index (κ1) is 19.8. The van der Waals surface area contributed by atoms with Crippen LogP contribution in [-0.2, 0) is 20.8 Å². The van der Waals surface area contributed by atoms with Gasteiger partial charge in [0.15, 0.2) is 6.61 Å². The highest BCUT2D eigenvalue weighted by Gasteiger charge is 2.17. The topological polar surface area (TPSA) is 72.0 Å². The summed E-state index contributed by atoms with van der Waals surface area (Å²) in [6.45, 7) is 5.54. The van der Waals surface area contributed by atoms with Gasteiger partial charge in [0, 0.05) is 32.4 Å². The molecule has 1 aliphatic heterocycles. The van der Waals surface area contributed by atoms with Crippen molar-refractivity contribution in [1.82, 2.24) is 9.88 Å². The van der Waals surface area contributed by atoms with Crippen LogP contribution in [0.25, 0.3) is 0 Å². The van der Waals surface area contributed by atoms with Crippen molar-refractivity contribution in [1.29, 1.82) is 0 Å². The van der Waals surface area contributed by atoms with Crippen molar-refractivity contribution in [2.75, 3.05) is 44.4 Å². The summed E-state index contributed by atoms with van der Waals surface area (Å²) in [6, 6.07) is 13.2. The number of aromatic nitrogens is 1. The standard InChI is InChI=1S/C21H25N3O4/c1-2-23(15-17-6-4-3-5-7-17)20(25)16-28-21(26)18-8-9-19(22-14-18)24-10-12-27-13-11-24/h3-9,14H,2,10-13,15-16H2,1H3. The van der Waals surface area contributed by atoms with E-state index in [2.05, 4.69) is 9.88 Å². The molecule has 1 fully saturated rings. The Kier molecular flexibility index (Phi) is 6.97. The van der Waals surface area contributed by atoms with Crippen molar-refractivity contribution in [2.45, 2.75) is 13.5 Å². The summed E-state index contributed by atoms with van der Waals surface area (Å²) in [7, 11) is 0. The number of ether oxygens (including phenoxy) is 2. The first-order valence-electron chi connectivity index (χ1n) is 9.45. The third kappa shape index (κ3) is 5.29. The second-order valence-electron chi connectivity index (χ2n) is 6.47. The number of hydrogen-bond donors (Lipinski definition) is 0. The number of rotatable bonds is 7. The van der Waals surface area contributed by atoms with Crippen molar-refractivity contribution in [3.8, 4) is 0 Å². The fourth-order valence-electron chi connectivity index (χ4n) is 2.97. The second-order valence-corrected chi connectivity index (χ2v) is 6.47. The van der Waals surface area contributed by atoms with Crippen LogP contribution in [0.1, 0.15) is 22.8 Å². The van der Waals surface area contributed by atoms with Gasteiger partial charge in [-0.15, -0.1) is 0 Å². The van der Waals surface area contributed by atoms with Crippen LogP contribution in [0.4, 0.5) is 5.82 Å². The number of nitrogens with zero attached hydrogens (tertiary/aromatic N) is 3. The highest BCUT2D eigenvalue weighted by Crippen LogP contribution is 2.13. The van der Waals surface area contributed by atoms with Crippen LogP contribution in [0.5, 0.6) is 0 Å². The number of likely N-dealkylation sites (N-methyl/N-ethyl adjacent to an activating group) is 1. The van der Waals surface area contributed by atoms with Crippen LogP contribution >= 0.6 is 0 Å². The van der Waals surface area contributed by atoms with Gasteiger partial charge >= 0.3 is 5.97 Å². The normalized spacial score (nSPS) is 13.8. The van der Waals surface area contributed by atoms with E-state index in [1.807, 2.05) is 37.3 Å². The predicted molar refractivity (Wildman–Crippen MR) is 105 cm³/mol. The lowest BCUT2D eigenvalue weighted by atomic mass is 10.2. The second kappa shape index (κ2) is 9.85. The van der Waals surface area contributed by atoms with Gasteiger partial charge in [-0.05, 0) is 24.6 Å². The van der Waals surface area contributed by atoms with Crippen molar-refractivity contribution < 1.29 is 19.1 Å². The van der Waals surface area contributed by atoms with E-state index in [1.165, 1.54) is 6.20 Å². The Morgan fingerprint density at radius 1 is 1.14 bits per heavy atom. The molecule has 0 N–H and O–H groups in total. The molecule has 0 unspecified atom stereocenters. The minimum absolute atomic E-state index is 0.224. The van der Waals surface area contributed by atoms with Crippen molar-refractivity contribution in [3.05, 3.63) is 59.8 Å². The van der Waals surface area contributed by atoms with Gasteiger partial charge < -0.3 is 19.3 Å². The molecule has 0 atom stereocenters. The summed E-state index contributed by atoms with van der Waals surface area (Å²) < 4.78 is 10.5. The zero-order chi connectivity index (χ0) is 19.8. The molecule has 0 spiro atoms. The average molecular weight is 383 g/mol. The lowest BCUT2D eigenvalue weighted by Gasteiger charge is -2.27. The average Bonchev–Trinajstić information content (AvgIpc) is 2.77. The first-order chi connectivity index (χ1) is 13.7. The fraction of sp³-hybridized carbons (Fsp3) is 0.381. The molecule has 2 heterocycles. The Labute approximate surface area is 164 Å². The summed E-state index contributed by atoms with van der Waals surface area (Å²) in [5.74, 6) is 0.0266. The molecule has 1 aromatic heterocycles. The van der Waals surface area contributed by atoms with Gasteiger partial charge in [-0.3, -0.25) is 4.79 Å². The molecule has 0 radical (unpaired) electrons. The number of carbonyl (C=O) groups is 2. The van der Waals surface area contributed by atoms with E-state index in [1.54, 1.807) is 17.0 Å². The zero-order valence-electron chi connectivity index (χ0n) is 16.0. The minimum atomic E-state index is -0.551. The Bertz CT molecular complexity index is 774. The van der Waals surface area contributed by atoms with E-state index in [0.29, 0.717) is 31.9 Å². The van der Waals surface area contributed by atoms with Gasteiger partial charge in [0.2, 0.25) is 0 Å². The Hall–Kier alpha value is -2.93. The summed E-state index contributed by atoms with van der Waals surface area (Å²) in [4.78, 5) is 32.7. The number of carbonyl (C=O) groups excluding carboxylic acids is 2. The molecular weight excluding hydrogens is 358 g/mol. The van der Waals surface area contributed by atoms with E-state index in [9.17, 15) is 9.59 Å². The lowest BCUT2D eigenvalue weighted by molar-refractivity contribution is -0.134. The summed E-state index contributed by atoms with van der Waals surface area (Å²) in [6.07, 6.45) is 1.49. The summed E-state index contributed by atoms with van der Waals surface area (Å²) in [5.41, 5.74) is 1.36. The van der Waals surface area contributed by atoms with Crippen LogP contribution in [0.15, 0.2) is 48.7 Å². The maximum atomic E-state index is 12.4. The Morgan fingerprint density at radius 3 is 2.54 bits per heavy atom. The van der Waals surface area contributed by atoms with E-state index in [-0.39, 0.29) is 12.5 Å². The largest absolute Gasteiger partial charge is 0.452 e. The summed E-state index contributed by atoms with van der Waals surface area (Å²) in [5, 5.41) is 0. The SMILES string of the molecule is CCN(Cc1ccccc1)C(=O)COC(=O)c1ccc(N2CCOCC2)nc1. The maximum absolute atomic E-state index is 12.4. The van der Waals surface area contributed by atoms with Gasteiger partial charge in [0.05, 0.1) is 18.8 Å². The molecule has 1 aliphatic rings. The third-order valence-electron chi connectivity index (χ3n) is 4.60. The quantitative estimate of drug-likeness (QED) is 0.682. The predicted octanol–water partition coefficient (Wildman–Crippen LogP) is 2.12. The van der Waals surface area contributed by atoms with Gasteiger partial charge in [-0.25, -0.2) is 9.78 Å². The fourth-order valence-corrected chi connectivity index (χ4v) is 2.97. The van der Waals surface area contributed by atoms with Crippen LogP contribution < -0.4 is 4.90 Å². The van der Waals surface area contributed by atoms with E-state index in [0.717, 1.165) is 24.5 Å².